The predicted molar refractivity (Wildman–Crippen MR) is 124 cm³/mol. The standard InChI is InChI=1S/C25H27N5O3/c1-27-24(15-29-17-28-19-9-8-18(13-26)12-21(19)29)10-5-11-25(14-24)16-30(23(31)33-25)20-6-3-4-7-22(20)32-2/h3-4,6-9,12,17,27H,5,10-11,14-16H2,1-2H3/t24-,25+/m1/s1. The molecule has 8 nitrogen and oxygen atoms in total. The maximum Gasteiger partial charge on any atom is 0.415 e. The van der Waals surface area contributed by atoms with Gasteiger partial charge in [-0.2, -0.15) is 5.26 Å². The van der Waals surface area contributed by atoms with Crippen LogP contribution in [0, 0.1) is 11.3 Å². The number of hydrogen-bond acceptors (Lipinski definition) is 6. The number of fused-ring (bicyclic) bond motifs is 1. The number of methoxy groups -OCH3 is 1. The first-order valence-corrected chi connectivity index (χ1v) is 11.2. The second-order valence-corrected chi connectivity index (χ2v) is 9.06. The van der Waals surface area contributed by atoms with Gasteiger partial charge < -0.3 is 19.4 Å². The summed E-state index contributed by atoms with van der Waals surface area (Å²) in [6.45, 7) is 1.15. The fourth-order valence-corrected chi connectivity index (χ4v) is 5.43. The molecule has 0 unspecified atom stereocenters. The minimum absolute atomic E-state index is 0.272. The molecule has 1 saturated carbocycles. The molecule has 5 rings (SSSR count). The summed E-state index contributed by atoms with van der Waals surface area (Å²) in [4.78, 5) is 19.2. The summed E-state index contributed by atoms with van der Waals surface area (Å²) in [5.74, 6) is 0.653. The number of nitrogens with one attached hydrogen (secondary N) is 1. The van der Waals surface area contributed by atoms with Crippen molar-refractivity contribution in [1.29, 1.82) is 5.26 Å². The number of para-hydroxylation sites is 2. The maximum atomic E-state index is 13.0. The van der Waals surface area contributed by atoms with Gasteiger partial charge in [-0.3, -0.25) is 4.90 Å². The lowest BCUT2D eigenvalue weighted by Gasteiger charge is -2.45. The predicted octanol–water partition coefficient (Wildman–Crippen LogP) is 3.84. The van der Waals surface area contributed by atoms with E-state index >= 15 is 0 Å². The number of imidazole rings is 1. The van der Waals surface area contributed by atoms with Crippen molar-refractivity contribution >= 4 is 22.8 Å². The molecule has 1 aromatic heterocycles. The van der Waals surface area contributed by atoms with Crippen molar-refractivity contribution < 1.29 is 14.3 Å². The number of rotatable bonds is 5. The molecule has 170 valence electrons. The normalized spacial score (nSPS) is 24.8. The molecule has 0 bridgehead atoms. The number of hydrogen-bond donors (Lipinski definition) is 1. The van der Waals surface area contributed by atoms with E-state index in [1.54, 1.807) is 18.1 Å². The van der Waals surface area contributed by atoms with Crippen LogP contribution in [0.15, 0.2) is 48.8 Å². The van der Waals surface area contributed by atoms with Crippen molar-refractivity contribution in [2.24, 2.45) is 0 Å². The molecule has 1 aliphatic carbocycles. The molecule has 3 aromatic rings. The van der Waals surface area contributed by atoms with E-state index in [4.69, 9.17) is 9.47 Å². The number of aromatic nitrogens is 2. The van der Waals surface area contributed by atoms with Crippen molar-refractivity contribution in [3.05, 3.63) is 54.4 Å². The van der Waals surface area contributed by atoms with Crippen molar-refractivity contribution in [3.63, 3.8) is 0 Å². The Bertz CT molecular complexity index is 1250. The van der Waals surface area contributed by atoms with Crippen LogP contribution in [0.2, 0.25) is 0 Å². The van der Waals surface area contributed by atoms with E-state index in [2.05, 4.69) is 20.9 Å². The van der Waals surface area contributed by atoms with Crippen LogP contribution < -0.4 is 15.0 Å². The van der Waals surface area contributed by atoms with Gasteiger partial charge in [-0.15, -0.1) is 0 Å². The molecule has 2 aliphatic rings. The van der Waals surface area contributed by atoms with Crippen LogP contribution in [-0.2, 0) is 11.3 Å². The zero-order chi connectivity index (χ0) is 23.1. The molecule has 2 atom stereocenters. The summed E-state index contributed by atoms with van der Waals surface area (Å²) in [7, 11) is 3.57. The zero-order valence-corrected chi connectivity index (χ0v) is 18.9. The Morgan fingerprint density at radius 3 is 2.91 bits per heavy atom. The first-order valence-electron chi connectivity index (χ1n) is 11.2. The first-order chi connectivity index (χ1) is 16.0. The number of carbonyl (C=O) groups is 1. The van der Waals surface area contributed by atoms with Crippen molar-refractivity contribution in [2.45, 2.75) is 43.4 Å². The van der Waals surface area contributed by atoms with E-state index < -0.39 is 5.60 Å². The molecular formula is C25H27N5O3. The number of nitriles is 1. The van der Waals surface area contributed by atoms with Gasteiger partial charge in [-0.25, -0.2) is 9.78 Å². The monoisotopic (exact) mass is 445 g/mol. The minimum atomic E-state index is -0.576. The van der Waals surface area contributed by atoms with Crippen LogP contribution in [0.4, 0.5) is 10.5 Å². The molecular weight excluding hydrogens is 418 g/mol. The SMILES string of the molecule is CN[C@]1(Cn2cnc3ccc(C#N)cc32)CCC[C@@]2(CN(c3ccccc3OC)C(=O)O2)C1. The van der Waals surface area contributed by atoms with Crippen LogP contribution in [0.25, 0.3) is 11.0 Å². The number of nitrogens with zero attached hydrogens (tertiary/aromatic N) is 4. The summed E-state index contributed by atoms with van der Waals surface area (Å²) in [6.07, 6.45) is 4.88. The van der Waals surface area contributed by atoms with Crippen LogP contribution in [0.1, 0.15) is 31.2 Å². The molecule has 1 spiro atoms. The third kappa shape index (κ3) is 3.68. The third-order valence-electron chi connectivity index (χ3n) is 7.05. The molecule has 1 amide bonds. The van der Waals surface area contributed by atoms with Crippen LogP contribution in [0.3, 0.4) is 0 Å². The van der Waals surface area contributed by atoms with E-state index in [1.807, 2.05) is 49.8 Å². The van der Waals surface area contributed by atoms with Gasteiger partial charge in [0, 0.05) is 18.5 Å². The summed E-state index contributed by atoms with van der Waals surface area (Å²) in [5, 5.41) is 12.9. The number of carbonyl (C=O) groups excluding carboxylic acids is 1. The first kappa shape index (κ1) is 21.3. The Morgan fingerprint density at radius 2 is 2.12 bits per heavy atom. The molecule has 1 aliphatic heterocycles. The van der Waals surface area contributed by atoms with E-state index in [0.717, 1.165) is 36.0 Å². The molecule has 2 heterocycles. The second-order valence-electron chi connectivity index (χ2n) is 9.06. The fraction of sp³-hybridized carbons (Fsp3) is 0.400. The lowest BCUT2D eigenvalue weighted by molar-refractivity contribution is -0.0124. The lowest BCUT2D eigenvalue weighted by atomic mass is 9.72. The van der Waals surface area contributed by atoms with Crippen molar-refractivity contribution in [2.75, 3.05) is 25.6 Å². The zero-order valence-electron chi connectivity index (χ0n) is 18.9. The lowest BCUT2D eigenvalue weighted by Crippen LogP contribution is -2.56. The Morgan fingerprint density at radius 1 is 1.27 bits per heavy atom. The molecule has 1 saturated heterocycles. The van der Waals surface area contributed by atoms with Crippen molar-refractivity contribution in [3.8, 4) is 11.8 Å². The Hall–Kier alpha value is -3.57. The molecule has 33 heavy (non-hydrogen) atoms. The van der Waals surface area contributed by atoms with Gasteiger partial charge in [0.05, 0.1) is 48.3 Å². The Balaban J connectivity index is 1.43. The number of amides is 1. The van der Waals surface area contributed by atoms with Gasteiger partial charge >= 0.3 is 6.09 Å². The number of ether oxygens (including phenoxy) is 2. The summed E-state index contributed by atoms with van der Waals surface area (Å²) >= 11 is 0. The molecule has 2 aromatic carbocycles. The molecule has 1 N–H and O–H groups in total. The maximum absolute atomic E-state index is 13.0. The van der Waals surface area contributed by atoms with E-state index in [1.165, 1.54) is 0 Å². The summed E-state index contributed by atoms with van der Waals surface area (Å²) in [6, 6.07) is 15.3. The second kappa shape index (κ2) is 8.09. The number of benzene rings is 2. The average molecular weight is 446 g/mol. The topological polar surface area (TPSA) is 92.4 Å². The van der Waals surface area contributed by atoms with Gasteiger partial charge in [0.15, 0.2) is 0 Å². The minimum Gasteiger partial charge on any atom is -0.495 e. The van der Waals surface area contributed by atoms with E-state index in [0.29, 0.717) is 30.8 Å². The third-order valence-corrected chi connectivity index (χ3v) is 7.05. The van der Waals surface area contributed by atoms with Gasteiger partial charge in [0.1, 0.15) is 11.4 Å². The molecule has 2 fully saturated rings. The van der Waals surface area contributed by atoms with Crippen molar-refractivity contribution in [1.82, 2.24) is 14.9 Å². The van der Waals surface area contributed by atoms with Crippen LogP contribution in [-0.4, -0.2) is 47.5 Å². The highest BCUT2D eigenvalue weighted by Gasteiger charge is 2.53. The van der Waals surface area contributed by atoms with Crippen LogP contribution >= 0.6 is 0 Å². The highest BCUT2D eigenvalue weighted by Crippen LogP contribution is 2.45. The van der Waals surface area contributed by atoms with Gasteiger partial charge in [-0.05, 0) is 56.6 Å². The van der Waals surface area contributed by atoms with E-state index in [9.17, 15) is 10.1 Å². The van der Waals surface area contributed by atoms with E-state index in [-0.39, 0.29) is 11.6 Å². The van der Waals surface area contributed by atoms with Crippen LogP contribution in [0.5, 0.6) is 5.75 Å². The fourth-order valence-electron chi connectivity index (χ4n) is 5.43. The highest BCUT2D eigenvalue weighted by molar-refractivity contribution is 5.92. The summed E-state index contributed by atoms with van der Waals surface area (Å²) < 4.78 is 13.7. The Labute approximate surface area is 192 Å². The quantitative estimate of drug-likeness (QED) is 0.641. The average Bonchev–Trinajstić information content (AvgIpc) is 3.38. The number of likely N-dealkylation sites (N-methyl/N-ethyl adjacent to an activating group) is 1. The largest absolute Gasteiger partial charge is 0.495 e. The van der Waals surface area contributed by atoms with Gasteiger partial charge in [-0.1, -0.05) is 12.1 Å². The number of anilines is 1. The Kier molecular flexibility index (Phi) is 5.22. The van der Waals surface area contributed by atoms with Gasteiger partial charge in [0.2, 0.25) is 0 Å². The molecule has 0 radical (unpaired) electrons. The van der Waals surface area contributed by atoms with Gasteiger partial charge in [0.25, 0.3) is 0 Å². The highest BCUT2D eigenvalue weighted by atomic mass is 16.6. The summed E-state index contributed by atoms with van der Waals surface area (Å²) in [5.41, 5.74) is 2.29. The smallest absolute Gasteiger partial charge is 0.415 e. The molecule has 8 heteroatoms.